The van der Waals surface area contributed by atoms with E-state index in [0.717, 1.165) is 95.8 Å². The summed E-state index contributed by atoms with van der Waals surface area (Å²) in [6, 6.07) is 0. The van der Waals surface area contributed by atoms with Crippen LogP contribution < -0.4 is 0 Å². The minimum Gasteiger partial charge on any atom is -0.462 e. The van der Waals surface area contributed by atoms with Crippen LogP contribution in [-0.4, -0.2) is 96.7 Å². The number of aliphatic hydroxyl groups excluding tert-OH is 1. The van der Waals surface area contributed by atoms with Crippen LogP contribution in [0.3, 0.4) is 0 Å². The van der Waals surface area contributed by atoms with Gasteiger partial charge < -0.3 is 33.8 Å². The number of rotatable bonds is 93. The number of carbonyl (C=O) groups is 4. The van der Waals surface area contributed by atoms with Crippen molar-refractivity contribution in [3.63, 3.8) is 0 Å². The van der Waals surface area contributed by atoms with Gasteiger partial charge in [0.25, 0.3) is 0 Å². The predicted molar refractivity (Wildman–Crippen MR) is 465 cm³/mol. The molecule has 0 fully saturated rings. The zero-order valence-electron chi connectivity index (χ0n) is 73.8. The first kappa shape index (κ1) is 110. The summed E-state index contributed by atoms with van der Waals surface area (Å²) in [5.74, 6) is -1.29. The van der Waals surface area contributed by atoms with E-state index in [1.54, 1.807) is 0 Å². The highest BCUT2D eigenvalue weighted by atomic mass is 31.2. The molecule has 0 aliphatic heterocycles. The second-order valence-corrected chi connectivity index (χ2v) is 36.8. The average Bonchev–Trinajstić information content (AvgIpc) is 0.896. The molecule has 3 N–H and O–H groups in total. The minimum atomic E-state index is -4.97. The molecular formula is C93H182O17P2. The summed E-state index contributed by atoms with van der Waals surface area (Å²) in [5.41, 5.74) is 0. The number of unbranched alkanes of at least 4 members (excludes halogenated alkanes) is 65. The number of ether oxygens (including phenoxy) is 4. The Morgan fingerprint density at radius 1 is 0.241 bits per heavy atom. The van der Waals surface area contributed by atoms with E-state index in [2.05, 4.69) is 34.6 Å². The molecule has 0 aliphatic rings. The molecule has 0 saturated carbocycles. The van der Waals surface area contributed by atoms with Crippen LogP contribution >= 0.6 is 15.6 Å². The third-order valence-corrected chi connectivity index (χ3v) is 23.9. The van der Waals surface area contributed by atoms with Gasteiger partial charge in [0, 0.05) is 25.7 Å². The van der Waals surface area contributed by atoms with E-state index in [4.69, 9.17) is 37.0 Å². The average molecular weight is 1630 g/mol. The molecule has 0 aliphatic carbocycles. The van der Waals surface area contributed by atoms with E-state index in [1.807, 2.05) is 0 Å². The molecule has 0 amide bonds. The van der Waals surface area contributed by atoms with Gasteiger partial charge in [0.05, 0.1) is 26.4 Å². The van der Waals surface area contributed by atoms with E-state index >= 15 is 0 Å². The van der Waals surface area contributed by atoms with Crippen LogP contribution in [0.25, 0.3) is 0 Å². The summed E-state index contributed by atoms with van der Waals surface area (Å²) in [6.45, 7) is 7.43. The smallest absolute Gasteiger partial charge is 0.462 e. The molecule has 666 valence electrons. The molecule has 0 aromatic carbocycles. The van der Waals surface area contributed by atoms with Gasteiger partial charge in [-0.15, -0.1) is 0 Å². The molecule has 17 nitrogen and oxygen atoms in total. The quantitative estimate of drug-likeness (QED) is 0.0222. The molecule has 0 saturated heterocycles. The lowest BCUT2D eigenvalue weighted by atomic mass is 10.0. The van der Waals surface area contributed by atoms with Crippen molar-refractivity contribution < 1.29 is 80.2 Å². The van der Waals surface area contributed by atoms with Crippen molar-refractivity contribution in [2.45, 2.75) is 528 Å². The zero-order valence-corrected chi connectivity index (χ0v) is 75.6. The van der Waals surface area contributed by atoms with E-state index in [-0.39, 0.29) is 25.7 Å². The third-order valence-electron chi connectivity index (χ3n) is 22.0. The Balaban J connectivity index is 5.24. The molecule has 0 spiro atoms. The lowest BCUT2D eigenvalue weighted by molar-refractivity contribution is -0.161. The molecule has 0 aromatic rings. The van der Waals surface area contributed by atoms with Gasteiger partial charge in [-0.2, -0.15) is 0 Å². The Kier molecular flexibility index (Phi) is 84.0. The highest BCUT2D eigenvalue weighted by molar-refractivity contribution is 7.47. The molecule has 5 atom stereocenters. The fourth-order valence-corrected chi connectivity index (χ4v) is 16.3. The van der Waals surface area contributed by atoms with E-state index in [9.17, 15) is 43.2 Å². The molecular weight excluding hydrogens is 1450 g/mol. The van der Waals surface area contributed by atoms with Gasteiger partial charge in [-0.1, -0.05) is 458 Å². The van der Waals surface area contributed by atoms with Crippen LogP contribution in [0.15, 0.2) is 0 Å². The Morgan fingerprint density at radius 2 is 0.411 bits per heavy atom. The predicted octanol–water partition coefficient (Wildman–Crippen LogP) is 29.1. The molecule has 2 unspecified atom stereocenters. The summed E-state index contributed by atoms with van der Waals surface area (Å²) in [7, 11) is -9.94. The zero-order chi connectivity index (χ0) is 81.8. The van der Waals surface area contributed by atoms with Crippen molar-refractivity contribution in [2.24, 2.45) is 5.92 Å². The number of carbonyl (C=O) groups excluding carboxylic acids is 4. The van der Waals surface area contributed by atoms with Crippen molar-refractivity contribution in [1.82, 2.24) is 0 Å². The Morgan fingerprint density at radius 3 is 0.607 bits per heavy atom. The lowest BCUT2D eigenvalue weighted by Crippen LogP contribution is -2.30. The highest BCUT2D eigenvalue weighted by Gasteiger charge is 2.31. The topological polar surface area (TPSA) is 237 Å². The Hall–Kier alpha value is -1.94. The number of aliphatic hydroxyl groups is 1. The number of phosphoric acid groups is 2. The van der Waals surface area contributed by atoms with Crippen LogP contribution in [0.4, 0.5) is 0 Å². The molecule has 112 heavy (non-hydrogen) atoms. The maximum atomic E-state index is 13.2. The molecule has 0 rings (SSSR count). The molecule has 0 aromatic heterocycles. The molecule has 0 radical (unpaired) electrons. The summed E-state index contributed by atoms with van der Waals surface area (Å²) in [6.07, 6.45) is 82.1. The standard InChI is InChI=1S/C93H182O17P2/c1-6-9-12-15-18-21-24-27-29-31-33-35-37-39-43-47-52-57-62-67-72-77-91(96)104-83-89(110-92(97)78-73-68-63-58-53-48-44-40-38-36-34-32-30-28-25-22-19-16-13-10-7-2)85-108-112(101,102)106-81-87(94)80-105-111(99,100)107-84-88(82-103-90(95)76-71-66-61-56-51-26-23-20-17-14-11-8-3)109-93(98)79-74-69-64-59-54-49-45-41-42-46-50-55-60-65-70-75-86(4)5/h86-89,94H,6-85H2,1-5H3,(H,99,100)(H,101,102)/t87-,88+,89+/m0/s1. The monoisotopic (exact) mass is 1630 g/mol. The van der Waals surface area contributed by atoms with Gasteiger partial charge in [-0.05, 0) is 31.6 Å². The van der Waals surface area contributed by atoms with Crippen molar-refractivity contribution >= 4 is 39.5 Å². The SMILES string of the molecule is CCCCCCCCCCCCCCCCCCCCCCCC(=O)OC[C@H](COP(=O)(O)OC[C@@H](O)COP(=O)(O)OC[C@@H](COC(=O)CCCCCCCCCCCCCC)OC(=O)CCCCCCCCCCCCCCCCCC(C)C)OC(=O)CCCCCCCCCCCCCCCCCCCCCCC. The Labute approximate surface area is 689 Å². The van der Waals surface area contributed by atoms with Crippen LogP contribution in [0.5, 0.6) is 0 Å². The first-order valence-electron chi connectivity index (χ1n) is 48.1. The van der Waals surface area contributed by atoms with Gasteiger partial charge in [-0.25, -0.2) is 9.13 Å². The maximum absolute atomic E-state index is 13.2. The number of phosphoric ester groups is 2. The molecule has 19 heteroatoms. The Bertz CT molecular complexity index is 2120. The maximum Gasteiger partial charge on any atom is 0.472 e. The largest absolute Gasteiger partial charge is 0.472 e. The summed E-state index contributed by atoms with van der Waals surface area (Å²) in [5, 5.41) is 10.7. The van der Waals surface area contributed by atoms with Crippen molar-refractivity contribution in [3.8, 4) is 0 Å². The first-order chi connectivity index (χ1) is 54.5. The normalized spacial score (nSPS) is 13.7. The number of hydrogen-bond acceptors (Lipinski definition) is 15. The van der Waals surface area contributed by atoms with Crippen molar-refractivity contribution in [2.75, 3.05) is 39.6 Å². The second-order valence-electron chi connectivity index (χ2n) is 33.9. The van der Waals surface area contributed by atoms with Crippen molar-refractivity contribution in [1.29, 1.82) is 0 Å². The van der Waals surface area contributed by atoms with E-state index < -0.39 is 97.5 Å². The summed E-state index contributed by atoms with van der Waals surface area (Å²) >= 11 is 0. The van der Waals surface area contributed by atoms with Crippen LogP contribution in [-0.2, 0) is 65.4 Å². The second kappa shape index (κ2) is 85.5. The van der Waals surface area contributed by atoms with Gasteiger partial charge in [-0.3, -0.25) is 37.3 Å². The van der Waals surface area contributed by atoms with Crippen molar-refractivity contribution in [3.05, 3.63) is 0 Å². The summed E-state index contributed by atoms with van der Waals surface area (Å²) in [4.78, 5) is 73.5. The number of hydrogen-bond donors (Lipinski definition) is 3. The first-order valence-corrected chi connectivity index (χ1v) is 51.1. The minimum absolute atomic E-state index is 0.109. The van der Waals surface area contributed by atoms with E-state index in [1.165, 1.54) is 334 Å². The third kappa shape index (κ3) is 85.9. The van der Waals surface area contributed by atoms with Gasteiger partial charge in [0.2, 0.25) is 0 Å². The van der Waals surface area contributed by atoms with Crippen LogP contribution in [0, 0.1) is 5.92 Å². The van der Waals surface area contributed by atoms with Gasteiger partial charge in [0.1, 0.15) is 19.3 Å². The highest BCUT2D eigenvalue weighted by Crippen LogP contribution is 2.45. The van der Waals surface area contributed by atoms with Crippen LogP contribution in [0.2, 0.25) is 0 Å². The lowest BCUT2D eigenvalue weighted by Gasteiger charge is -2.21. The number of esters is 4. The van der Waals surface area contributed by atoms with Gasteiger partial charge >= 0.3 is 39.5 Å². The fourth-order valence-electron chi connectivity index (χ4n) is 14.7. The van der Waals surface area contributed by atoms with Gasteiger partial charge in [0.15, 0.2) is 12.2 Å². The van der Waals surface area contributed by atoms with E-state index in [0.29, 0.717) is 25.7 Å². The van der Waals surface area contributed by atoms with Crippen LogP contribution in [0.1, 0.15) is 510 Å². The fraction of sp³-hybridized carbons (Fsp3) is 0.957. The molecule has 0 bridgehead atoms. The summed E-state index contributed by atoms with van der Waals surface area (Å²) < 4.78 is 69.1. The molecule has 0 heterocycles.